The molecule has 0 aromatic rings. The quantitative estimate of drug-likeness (QED) is 0.585. The van der Waals surface area contributed by atoms with E-state index in [0.29, 0.717) is 6.42 Å². The summed E-state index contributed by atoms with van der Waals surface area (Å²) in [5, 5.41) is 15.2. The van der Waals surface area contributed by atoms with Gasteiger partial charge < -0.3 is 15.7 Å². The van der Waals surface area contributed by atoms with Crippen molar-refractivity contribution >= 4 is 5.91 Å². The number of aliphatic hydroxyl groups excluding tert-OH is 1. The van der Waals surface area contributed by atoms with Gasteiger partial charge in [0, 0.05) is 25.0 Å². The lowest BCUT2D eigenvalue weighted by molar-refractivity contribution is -0.121. The molecule has 0 radical (unpaired) electrons. The molecule has 3 N–H and O–H groups in total. The van der Waals surface area contributed by atoms with Gasteiger partial charge in [0.15, 0.2) is 0 Å². The summed E-state index contributed by atoms with van der Waals surface area (Å²) in [7, 11) is 1.63. The summed E-state index contributed by atoms with van der Waals surface area (Å²) < 4.78 is 0. The van der Waals surface area contributed by atoms with Crippen LogP contribution in [0.5, 0.6) is 0 Å². The third kappa shape index (κ3) is 5.74. The zero-order valence-electron chi connectivity index (χ0n) is 10.3. The van der Waals surface area contributed by atoms with E-state index in [0.717, 1.165) is 12.8 Å². The van der Waals surface area contributed by atoms with Gasteiger partial charge in [-0.25, -0.2) is 0 Å². The second kappa shape index (κ2) is 6.80. The van der Waals surface area contributed by atoms with Gasteiger partial charge in [-0.2, -0.15) is 0 Å². The first-order valence-electron chi connectivity index (χ1n) is 5.56. The average molecular weight is 216 g/mol. The fraction of sp³-hybridized carbons (Fsp3) is 0.909. The third-order valence-corrected chi connectivity index (χ3v) is 2.52. The molecule has 0 spiro atoms. The number of carbonyl (C=O) groups is 1. The topological polar surface area (TPSA) is 61.4 Å². The standard InChI is InChI=1S/C11H24N2O2/c1-5-6-11(3,8-14)13-9(2)7-10(15)12-4/h9,13-14H,5-8H2,1-4H3,(H,12,15). The molecule has 1 amide bonds. The summed E-state index contributed by atoms with van der Waals surface area (Å²) in [5.74, 6) is 0.0202. The van der Waals surface area contributed by atoms with Crippen LogP contribution in [-0.4, -0.2) is 36.2 Å². The van der Waals surface area contributed by atoms with Gasteiger partial charge in [-0.3, -0.25) is 4.79 Å². The van der Waals surface area contributed by atoms with Crippen LogP contribution in [-0.2, 0) is 4.79 Å². The minimum Gasteiger partial charge on any atom is -0.394 e. The molecule has 0 aromatic carbocycles. The van der Waals surface area contributed by atoms with Crippen molar-refractivity contribution in [3.8, 4) is 0 Å². The maximum atomic E-state index is 11.1. The van der Waals surface area contributed by atoms with Gasteiger partial charge in [-0.05, 0) is 20.3 Å². The van der Waals surface area contributed by atoms with Crippen molar-refractivity contribution in [2.45, 2.75) is 51.6 Å². The summed E-state index contributed by atoms with van der Waals surface area (Å²) in [6.45, 7) is 6.12. The fourth-order valence-electron chi connectivity index (χ4n) is 1.77. The zero-order valence-corrected chi connectivity index (χ0v) is 10.3. The Hall–Kier alpha value is -0.610. The van der Waals surface area contributed by atoms with Crippen LogP contribution < -0.4 is 10.6 Å². The van der Waals surface area contributed by atoms with Gasteiger partial charge in [0.25, 0.3) is 0 Å². The average Bonchev–Trinajstić information content (AvgIpc) is 2.17. The highest BCUT2D eigenvalue weighted by atomic mass is 16.3. The first-order valence-corrected chi connectivity index (χ1v) is 5.56. The van der Waals surface area contributed by atoms with Crippen molar-refractivity contribution < 1.29 is 9.90 Å². The number of carbonyl (C=O) groups excluding carboxylic acids is 1. The van der Waals surface area contributed by atoms with Crippen molar-refractivity contribution in [1.82, 2.24) is 10.6 Å². The van der Waals surface area contributed by atoms with Crippen LogP contribution in [0.1, 0.15) is 40.0 Å². The van der Waals surface area contributed by atoms with E-state index in [1.54, 1.807) is 7.05 Å². The van der Waals surface area contributed by atoms with Crippen LogP contribution in [0.25, 0.3) is 0 Å². The zero-order chi connectivity index (χ0) is 11.9. The highest BCUT2D eigenvalue weighted by Gasteiger charge is 2.24. The molecule has 0 saturated heterocycles. The molecule has 90 valence electrons. The molecule has 0 aromatic heterocycles. The van der Waals surface area contributed by atoms with Gasteiger partial charge in [0.05, 0.1) is 6.61 Å². The maximum Gasteiger partial charge on any atom is 0.221 e. The molecule has 15 heavy (non-hydrogen) atoms. The van der Waals surface area contributed by atoms with Gasteiger partial charge in [-0.1, -0.05) is 13.3 Å². The Kier molecular flexibility index (Phi) is 6.52. The number of nitrogens with one attached hydrogen (secondary N) is 2. The lowest BCUT2D eigenvalue weighted by Crippen LogP contribution is -2.50. The molecule has 0 fully saturated rings. The first-order chi connectivity index (χ1) is 6.97. The summed E-state index contributed by atoms with van der Waals surface area (Å²) in [4.78, 5) is 11.1. The van der Waals surface area contributed by atoms with Crippen LogP contribution in [0.4, 0.5) is 0 Å². The smallest absolute Gasteiger partial charge is 0.221 e. The molecule has 4 nitrogen and oxygen atoms in total. The Morgan fingerprint density at radius 1 is 1.53 bits per heavy atom. The van der Waals surface area contributed by atoms with Crippen LogP contribution in [0.15, 0.2) is 0 Å². The van der Waals surface area contributed by atoms with Crippen molar-refractivity contribution in [3.63, 3.8) is 0 Å². The molecule has 4 heteroatoms. The van der Waals surface area contributed by atoms with Crippen LogP contribution >= 0.6 is 0 Å². The second-order valence-corrected chi connectivity index (χ2v) is 4.39. The molecular formula is C11H24N2O2. The second-order valence-electron chi connectivity index (χ2n) is 4.39. The van der Waals surface area contributed by atoms with Crippen molar-refractivity contribution in [1.29, 1.82) is 0 Å². The van der Waals surface area contributed by atoms with Crippen molar-refractivity contribution in [2.75, 3.05) is 13.7 Å². The molecule has 2 unspecified atom stereocenters. The molecule has 0 heterocycles. The number of hydrogen-bond donors (Lipinski definition) is 3. The molecule has 0 saturated carbocycles. The van der Waals surface area contributed by atoms with Crippen LogP contribution in [0.3, 0.4) is 0 Å². The van der Waals surface area contributed by atoms with Crippen molar-refractivity contribution in [3.05, 3.63) is 0 Å². The lowest BCUT2D eigenvalue weighted by Gasteiger charge is -2.32. The minimum atomic E-state index is -0.276. The number of aliphatic hydroxyl groups is 1. The van der Waals surface area contributed by atoms with E-state index in [9.17, 15) is 9.90 Å². The van der Waals surface area contributed by atoms with Crippen LogP contribution in [0, 0.1) is 0 Å². The summed E-state index contributed by atoms with van der Waals surface area (Å²) in [6, 6.07) is 0.0775. The molecule has 0 aliphatic carbocycles. The van der Waals surface area contributed by atoms with Gasteiger partial charge in [0.2, 0.25) is 5.91 Å². The Bertz CT molecular complexity index is 197. The number of amides is 1. The fourth-order valence-corrected chi connectivity index (χ4v) is 1.77. The largest absolute Gasteiger partial charge is 0.394 e. The predicted octanol–water partition coefficient (Wildman–Crippen LogP) is 0.652. The third-order valence-electron chi connectivity index (χ3n) is 2.52. The number of hydrogen-bond acceptors (Lipinski definition) is 3. The minimum absolute atomic E-state index is 0.0202. The first kappa shape index (κ1) is 14.4. The molecular weight excluding hydrogens is 192 g/mol. The van der Waals surface area contributed by atoms with Crippen molar-refractivity contribution in [2.24, 2.45) is 0 Å². The van der Waals surface area contributed by atoms with Gasteiger partial charge in [-0.15, -0.1) is 0 Å². The van der Waals surface area contributed by atoms with E-state index in [2.05, 4.69) is 17.6 Å². The van der Waals surface area contributed by atoms with Gasteiger partial charge in [0.1, 0.15) is 0 Å². The molecule has 0 bridgehead atoms. The van der Waals surface area contributed by atoms with E-state index in [-0.39, 0.29) is 24.1 Å². The Labute approximate surface area is 92.4 Å². The van der Waals surface area contributed by atoms with E-state index in [4.69, 9.17) is 0 Å². The van der Waals surface area contributed by atoms with E-state index in [1.165, 1.54) is 0 Å². The summed E-state index contributed by atoms with van der Waals surface area (Å²) in [6.07, 6.45) is 2.36. The monoisotopic (exact) mass is 216 g/mol. The predicted molar refractivity (Wildman–Crippen MR) is 61.7 cm³/mol. The molecule has 0 aliphatic heterocycles. The summed E-state index contributed by atoms with van der Waals surface area (Å²) in [5.41, 5.74) is -0.276. The van der Waals surface area contributed by atoms with E-state index < -0.39 is 0 Å². The Balaban J connectivity index is 4.11. The van der Waals surface area contributed by atoms with Gasteiger partial charge >= 0.3 is 0 Å². The maximum absolute atomic E-state index is 11.1. The molecule has 0 aliphatic rings. The number of rotatable bonds is 7. The molecule has 0 rings (SSSR count). The Morgan fingerprint density at radius 2 is 2.13 bits per heavy atom. The Morgan fingerprint density at radius 3 is 2.53 bits per heavy atom. The highest BCUT2D eigenvalue weighted by Crippen LogP contribution is 2.13. The SMILES string of the molecule is CCCC(C)(CO)NC(C)CC(=O)NC. The van der Waals surface area contributed by atoms with E-state index >= 15 is 0 Å². The normalized spacial score (nSPS) is 16.9. The lowest BCUT2D eigenvalue weighted by atomic mass is 9.95. The van der Waals surface area contributed by atoms with E-state index in [1.807, 2.05) is 13.8 Å². The van der Waals surface area contributed by atoms with Crippen LogP contribution in [0.2, 0.25) is 0 Å². The molecule has 2 atom stereocenters. The highest BCUT2D eigenvalue weighted by molar-refractivity contribution is 5.76. The summed E-state index contributed by atoms with van der Waals surface area (Å²) >= 11 is 0.